The SMILES string of the molecule is CCC(C)c1ccc(-c2ccc(-n3c4ccccc4c4cc(N(c5ccccc5)c5ccc(-c6ccccc6)cc5)ccc43)cc2)cc1. The summed E-state index contributed by atoms with van der Waals surface area (Å²) >= 11 is 0. The van der Waals surface area contributed by atoms with Crippen molar-refractivity contribution >= 4 is 38.9 Å². The summed E-state index contributed by atoms with van der Waals surface area (Å²) in [5.74, 6) is 0.581. The first-order valence-corrected chi connectivity index (χ1v) is 16.9. The molecule has 232 valence electrons. The molecule has 48 heavy (non-hydrogen) atoms. The van der Waals surface area contributed by atoms with Gasteiger partial charge in [-0.3, -0.25) is 0 Å². The lowest BCUT2D eigenvalue weighted by molar-refractivity contribution is 0.734. The van der Waals surface area contributed by atoms with E-state index in [0.717, 1.165) is 29.2 Å². The largest absolute Gasteiger partial charge is 0.310 e. The van der Waals surface area contributed by atoms with Crippen LogP contribution in [0.25, 0.3) is 49.7 Å². The van der Waals surface area contributed by atoms with Crippen molar-refractivity contribution < 1.29 is 0 Å². The van der Waals surface area contributed by atoms with Crippen LogP contribution in [0.4, 0.5) is 17.1 Å². The normalized spacial score (nSPS) is 12.0. The maximum atomic E-state index is 2.39. The third-order valence-corrected chi connectivity index (χ3v) is 9.71. The van der Waals surface area contributed by atoms with Crippen molar-refractivity contribution in [2.75, 3.05) is 4.90 Å². The lowest BCUT2D eigenvalue weighted by Gasteiger charge is -2.26. The first kappa shape index (κ1) is 29.5. The van der Waals surface area contributed by atoms with Gasteiger partial charge in [0.05, 0.1) is 11.0 Å². The number of rotatable bonds is 8. The van der Waals surface area contributed by atoms with E-state index in [-0.39, 0.29) is 0 Å². The molecule has 8 rings (SSSR count). The summed E-state index contributed by atoms with van der Waals surface area (Å²) in [6, 6.07) is 63.8. The molecule has 2 nitrogen and oxygen atoms in total. The van der Waals surface area contributed by atoms with Crippen molar-refractivity contribution in [2.45, 2.75) is 26.2 Å². The Hall–Kier alpha value is -5.86. The highest BCUT2D eigenvalue weighted by Crippen LogP contribution is 2.40. The highest BCUT2D eigenvalue weighted by atomic mass is 15.1. The lowest BCUT2D eigenvalue weighted by atomic mass is 9.96. The average Bonchev–Trinajstić information content (AvgIpc) is 3.49. The van der Waals surface area contributed by atoms with E-state index in [4.69, 9.17) is 0 Å². The van der Waals surface area contributed by atoms with Crippen LogP contribution in [0.3, 0.4) is 0 Å². The number of aromatic nitrogens is 1. The molecule has 7 aromatic carbocycles. The molecule has 0 fully saturated rings. The molecule has 0 bridgehead atoms. The topological polar surface area (TPSA) is 8.17 Å². The molecule has 0 aliphatic carbocycles. The monoisotopic (exact) mass is 618 g/mol. The van der Waals surface area contributed by atoms with E-state index >= 15 is 0 Å². The molecule has 2 heteroatoms. The van der Waals surface area contributed by atoms with Gasteiger partial charge in [0.15, 0.2) is 0 Å². The minimum Gasteiger partial charge on any atom is -0.310 e. The van der Waals surface area contributed by atoms with E-state index in [1.165, 1.54) is 49.6 Å². The Balaban J connectivity index is 1.20. The van der Waals surface area contributed by atoms with Gasteiger partial charge in [-0.25, -0.2) is 0 Å². The van der Waals surface area contributed by atoms with E-state index in [2.05, 4.69) is 199 Å². The maximum Gasteiger partial charge on any atom is 0.0542 e. The van der Waals surface area contributed by atoms with Crippen molar-refractivity contribution in [3.63, 3.8) is 0 Å². The Morgan fingerprint density at radius 2 is 0.958 bits per heavy atom. The molecule has 0 aliphatic heterocycles. The highest BCUT2D eigenvalue weighted by Gasteiger charge is 2.17. The zero-order valence-electron chi connectivity index (χ0n) is 27.4. The van der Waals surface area contributed by atoms with Crippen LogP contribution >= 0.6 is 0 Å². The van der Waals surface area contributed by atoms with Crippen molar-refractivity contribution in [3.05, 3.63) is 181 Å². The van der Waals surface area contributed by atoms with Gasteiger partial charge in [0.1, 0.15) is 0 Å². The second-order valence-corrected chi connectivity index (χ2v) is 12.6. The van der Waals surface area contributed by atoms with Crippen molar-refractivity contribution in [3.8, 4) is 27.9 Å². The fourth-order valence-electron chi connectivity index (χ4n) is 6.88. The number of hydrogen-bond donors (Lipinski definition) is 0. The summed E-state index contributed by atoms with van der Waals surface area (Å²) in [6.07, 6.45) is 1.15. The van der Waals surface area contributed by atoms with Gasteiger partial charge in [-0.05, 0) is 101 Å². The smallest absolute Gasteiger partial charge is 0.0542 e. The van der Waals surface area contributed by atoms with Gasteiger partial charge in [-0.1, -0.05) is 129 Å². The number of anilines is 3. The first-order valence-electron chi connectivity index (χ1n) is 16.9. The van der Waals surface area contributed by atoms with Crippen LogP contribution in [0.5, 0.6) is 0 Å². The molecule has 0 saturated carbocycles. The molecule has 0 amide bonds. The predicted octanol–water partition coefficient (Wildman–Crippen LogP) is 13.1. The van der Waals surface area contributed by atoms with Crippen LogP contribution < -0.4 is 4.90 Å². The molecular weight excluding hydrogens is 581 g/mol. The number of hydrogen-bond acceptors (Lipinski definition) is 1. The van der Waals surface area contributed by atoms with Gasteiger partial charge in [-0.2, -0.15) is 0 Å². The molecule has 0 aliphatic rings. The quantitative estimate of drug-likeness (QED) is 0.164. The van der Waals surface area contributed by atoms with Crippen LogP contribution in [0, 0.1) is 0 Å². The molecular formula is C46H38N2. The van der Waals surface area contributed by atoms with E-state index in [1.807, 2.05) is 0 Å². The van der Waals surface area contributed by atoms with Gasteiger partial charge in [0.25, 0.3) is 0 Å². The molecule has 8 aromatic rings. The fourth-order valence-corrected chi connectivity index (χ4v) is 6.88. The average molecular weight is 619 g/mol. The molecule has 1 aromatic heterocycles. The highest BCUT2D eigenvalue weighted by molar-refractivity contribution is 6.10. The van der Waals surface area contributed by atoms with Crippen LogP contribution in [-0.2, 0) is 0 Å². The lowest BCUT2D eigenvalue weighted by Crippen LogP contribution is -2.09. The standard InChI is InChI=1S/C46H38N2/c1-3-33(2)34-18-20-36(21-19-34)38-24-28-41(29-25-38)48-45-17-11-10-16-43(45)44-32-42(30-31-46(44)48)47(39-14-8-5-9-15-39)40-26-22-37(23-27-40)35-12-6-4-7-13-35/h4-33H,3H2,1-2H3. The molecule has 1 atom stereocenters. The summed E-state index contributed by atoms with van der Waals surface area (Å²) < 4.78 is 2.39. The molecule has 0 N–H and O–H groups in total. The van der Waals surface area contributed by atoms with Crippen molar-refractivity contribution in [2.24, 2.45) is 0 Å². The van der Waals surface area contributed by atoms with Gasteiger partial charge in [-0.15, -0.1) is 0 Å². The van der Waals surface area contributed by atoms with Gasteiger partial charge < -0.3 is 9.47 Å². The van der Waals surface area contributed by atoms with Crippen LogP contribution in [-0.4, -0.2) is 4.57 Å². The zero-order valence-corrected chi connectivity index (χ0v) is 27.4. The fraction of sp³-hybridized carbons (Fsp3) is 0.0870. The number of para-hydroxylation sites is 2. The van der Waals surface area contributed by atoms with E-state index in [9.17, 15) is 0 Å². The van der Waals surface area contributed by atoms with Crippen LogP contribution in [0.15, 0.2) is 176 Å². The Labute approximate surface area is 283 Å². The second-order valence-electron chi connectivity index (χ2n) is 12.6. The van der Waals surface area contributed by atoms with Crippen molar-refractivity contribution in [1.29, 1.82) is 0 Å². The predicted molar refractivity (Wildman–Crippen MR) is 205 cm³/mol. The van der Waals surface area contributed by atoms with Crippen LogP contribution in [0.2, 0.25) is 0 Å². The number of benzene rings is 7. The Morgan fingerprint density at radius 3 is 1.62 bits per heavy atom. The Morgan fingerprint density at radius 1 is 0.458 bits per heavy atom. The molecule has 0 saturated heterocycles. The Kier molecular flexibility index (Phi) is 7.84. The Bertz CT molecular complexity index is 2300. The summed E-state index contributed by atoms with van der Waals surface area (Å²) in [5.41, 5.74) is 13.2. The van der Waals surface area contributed by atoms with Gasteiger partial charge in [0.2, 0.25) is 0 Å². The molecule has 0 spiro atoms. The maximum absolute atomic E-state index is 2.39. The molecule has 0 radical (unpaired) electrons. The third-order valence-electron chi connectivity index (χ3n) is 9.71. The summed E-state index contributed by atoms with van der Waals surface area (Å²) in [6.45, 7) is 4.54. The molecule has 1 unspecified atom stereocenters. The summed E-state index contributed by atoms with van der Waals surface area (Å²) in [5, 5.41) is 2.47. The van der Waals surface area contributed by atoms with Crippen molar-refractivity contribution in [1.82, 2.24) is 4.57 Å². The zero-order chi connectivity index (χ0) is 32.5. The summed E-state index contributed by atoms with van der Waals surface area (Å²) in [4.78, 5) is 2.35. The van der Waals surface area contributed by atoms with E-state index in [0.29, 0.717) is 5.92 Å². The van der Waals surface area contributed by atoms with Gasteiger partial charge in [0, 0.05) is 33.5 Å². The minimum absolute atomic E-state index is 0.581. The minimum atomic E-state index is 0.581. The van der Waals surface area contributed by atoms with E-state index in [1.54, 1.807) is 0 Å². The summed E-state index contributed by atoms with van der Waals surface area (Å²) in [7, 11) is 0. The number of nitrogens with zero attached hydrogens (tertiary/aromatic N) is 2. The first-order chi connectivity index (χ1) is 23.7. The van der Waals surface area contributed by atoms with Gasteiger partial charge >= 0.3 is 0 Å². The van der Waals surface area contributed by atoms with E-state index < -0.39 is 0 Å². The number of fused-ring (bicyclic) bond motifs is 3. The molecule has 1 heterocycles. The second kappa shape index (κ2) is 12.7. The third kappa shape index (κ3) is 5.46. The van der Waals surface area contributed by atoms with Crippen LogP contribution in [0.1, 0.15) is 31.7 Å².